The first-order valence-corrected chi connectivity index (χ1v) is 12.8. The van der Waals surface area contributed by atoms with E-state index in [1.165, 1.54) is 38.5 Å². The number of aromatic hydroxyl groups is 2. The lowest BCUT2D eigenvalue weighted by Gasteiger charge is -2.48. The van der Waals surface area contributed by atoms with Crippen LogP contribution in [0.3, 0.4) is 0 Å². The number of phenols is 2. The number of hydrogen-bond donors (Lipinski definition) is 4. The maximum atomic E-state index is 13.3. The van der Waals surface area contributed by atoms with E-state index in [-0.39, 0.29) is 22.5 Å². The number of imidazole rings is 1. The van der Waals surface area contributed by atoms with Gasteiger partial charge in [-0.15, -0.1) is 0 Å². The SMILES string of the molecule is CCCc1c(O)c(C(=O)Nc2ncc(C34CCCC(CC(CC)C3)C4)[nH]2)c(O)c2ccccc12. The van der Waals surface area contributed by atoms with E-state index in [4.69, 9.17) is 0 Å². The minimum atomic E-state index is -0.562. The molecule has 180 valence electrons. The minimum absolute atomic E-state index is 0.0975. The summed E-state index contributed by atoms with van der Waals surface area (Å²) in [5, 5.41) is 26.0. The fourth-order valence-electron chi connectivity index (χ4n) is 6.67. The van der Waals surface area contributed by atoms with Crippen LogP contribution in [-0.2, 0) is 11.8 Å². The largest absolute Gasteiger partial charge is 0.507 e. The first-order valence-electron chi connectivity index (χ1n) is 12.8. The molecule has 3 atom stereocenters. The second kappa shape index (κ2) is 8.97. The lowest BCUT2D eigenvalue weighted by molar-refractivity contribution is 0.0976. The maximum Gasteiger partial charge on any atom is 0.265 e. The molecule has 6 nitrogen and oxygen atoms in total. The summed E-state index contributed by atoms with van der Waals surface area (Å²) in [4.78, 5) is 21.1. The number of anilines is 1. The molecule has 2 saturated carbocycles. The van der Waals surface area contributed by atoms with Gasteiger partial charge < -0.3 is 15.2 Å². The van der Waals surface area contributed by atoms with Gasteiger partial charge in [-0.2, -0.15) is 0 Å². The average Bonchev–Trinajstić information content (AvgIpc) is 3.31. The number of carbonyl (C=O) groups excluding carboxylic acids is 1. The van der Waals surface area contributed by atoms with E-state index >= 15 is 0 Å². The molecule has 2 fully saturated rings. The van der Waals surface area contributed by atoms with E-state index in [1.807, 2.05) is 31.3 Å². The van der Waals surface area contributed by atoms with Gasteiger partial charge in [-0.25, -0.2) is 4.98 Å². The zero-order valence-electron chi connectivity index (χ0n) is 20.2. The van der Waals surface area contributed by atoms with Crippen LogP contribution in [0.5, 0.6) is 11.5 Å². The number of carbonyl (C=O) groups is 1. The first-order chi connectivity index (χ1) is 16.5. The Labute approximate surface area is 200 Å². The number of fused-ring (bicyclic) bond motifs is 3. The van der Waals surface area contributed by atoms with E-state index in [9.17, 15) is 15.0 Å². The third kappa shape index (κ3) is 3.83. The summed E-state index contributed by atoms with van der Waals surface area (Å²) in [7, 11) is 0. The van der Waals surface area contributed by atoms with Gasteiger partial charge in [0.1, 0.15) is 17.1 Å². The molecule has 0 aliphatic heterocycles. The molecule has 0 spiro atoms. The standard InChI is InChI=1S/C28H35N3O3/c1-3-8-20-19-10-5-6-11-21(19)25(33)23(24(20)32)26(34)31-27-29-16-22(30-27)28-12-7-9-18(15-28)13-17(4-2)14-28/h5-6,10-11,16-18,32-33H,3-4,7-9,12-15H2,1-2H3,(H2,29,30,31,34). The Bertz CT molecular complexity index is 1220. The Balaban J connectivity index is 1.45. The molecule has 5 rings (SSSR count). The molecule has 1 amide bonds. The number of phenolic OH excluding ortho intramolecular Hbond substituents is 2. The number of hydrogen-bond acceptors (Lipinski definition) is 4. The molecular formula is C28H35N3O3. The summed E-state index contributed by atoms with van der Waals surface area (Å²) >= 11 is 0. The van der Waals surface area contributed by atoms with Crippen molar-refractivity contribution in [2.24, 2.45) is 11.8 Å². The zero-order valence-corrected chi connectivity index (χ0v) is 20.2. The van der Waals surface area contributed by atoms with Crippen molar-refractivity contribution in [3.63, 3.8) is 0 Å². The summed E-state index contributed by atoms with van der Waals surface area (Å²) < 4.78 is 0. The van der Waals surface area contributed by atoms with Crippen molar-refractivity contribution in [1.29, 1.82) is 0 Å². The maximum absolute atomic E-state index is 13.3. The monoisotopic (exact) mass is 461 g/mol. The van der Waals surface area contributed by atoms with Gasteiger partial charge in [0.15, 0.2) is 0 Å². The molecule has 2 bridgehead atoms. The van der Waals surface area contributed by atoms with Crippen LogP contribution in [0.1, 0.15) is 86.8 Å². The van der Waals surface area contributed by atoms with Gasteiger partial charge >= 0.3 is 0 Å². The van der Waals surface area contributed by atoms with E-state index in [2.05, 4.69) is 22.2 Å². The number of benzene rings is 2. The van der Waals surface area contributed by atoms with Crippen molar-refractivity contribution in [2.75, 3.05) is 5.32 Å². The van der Waals surface area contributed by atoms with Gasteiger partial charge in [0.05, 0.1) is 6.20 Å². The molecule has 34 heavy (non-hydrogen) atoms. The molecule has 2 aromatic carbocycles. The Morgan fingerprint density at radius 1 is 1.18 bits per heavy atom. The van der Waals surface area contributed by atoms with Crippen molar-refractivity contribution in [1.82, 2.24) is 9.97 Å². The van der Waals surface area contributed by atoms with Crippen LogP contribution in [0.15, 0.2) is 30.5 Å². The lowest BCUT2D eigenvalue weighted by Crippen LogP contribution is -2.40. The van der Waals surface area contributed by atoms with Crippen LogP contribution >= 0.6 is 0 Å². The third-order valence-corrected chi connectivity index (χ3v) is 8.24. The van der Waals surface area contributed by atoms with Gasteiger partial charge in [-0.1, -0.05) is 63.8 Å². The van der Waals surface area contributed by atoms with E-state index in [0.29, 0.717) is 23.3 Å². The molecule has 0 saturated heterocycles. The normalized spacial score (nSPS) is 24.3. The Hall–Kier alpha value is -3.02. The summed E-state index contributed by atoms with van der Waals surface area (Å²) in [6.07, 6.45) is 11.9. The van der Waals surface area contributed by atoms with Crippen LogP contribution in [0.4, 0.5) is 5.95 Å². The van der Waals surface area contributed by atoms with E-state index < -0.39 is 5.91 Å². The van der Waals surface area contributed by atoms with Crippen LogP contribution in [0.25, 0.3) is 10.8 Å². The van der Waals surface area contributed by atoms with Crippen LogP contribution in [-0.4, -0.2) is 26.1 Å². The van der Waals surface area contributed by atoms with Gasteiger partial charge in [0.2, 0.25) is 5.95 Å². The van der Waals surface area contributed by atoms with Crippen molar-refractivity contribution in [2.45, 2.75) is 77.0 Å². The fraction of sp³-hybridized carbons (Fsp3) is 0.500. The quantitative estimate of drug-likeness (QED) is 0.340. The molecule has 1 heterocycles. The molecule has 3 aromatic rings. The average molecular weight is 462 g/mol. The van der Waals surface area contributed by atoms with E-state index in [0.717, 1.165) is 35.8 Å². The topological polar surface area (TPSA) is 98.2 Å². The van der Waals surface area contributed by atoms with Crippen molar-refractivity contribution >= 4 is 22.6 Å². The summed E-state index contributed by atoms with van der Waals surface area (Å²) in [5.74, 6) is 0.950. The highest BCUT2D eigenvalue weighted by Crippen LogP contribution is 2.52. The number of amides is 1. The highest BCUT2D eigenvalue weighted by molar-refractivity contribution is 6.12. The Kier molecular flexibility index (Phi) is 6.00. The highest BCUT2D eigenvalue weighted by Gasteiger charge is 2.44. The van der Waals surface area contributed by atoms with Gasteiger partial charge in [-0.3, -0.25) is 10.1 Å². The van der Waals surface area contributed by atoms with Crippen LogP contribution in [0, 0.1) is 11.8 Å². The number of aryl methyl sites for hydroxylation is 1. The summed E-state index contributed by atoms with van der Waals surface area (Å²) in [6.45, 7) is 4.31. The fourth-order valence-corrected chi connectivity index (χ4v) is 6.67. The number of rotatable bonds is 6. The molecular weight excluding hydrogens is 426 g/mol. The predicted molar refractivity (Wildman–Crippen MR) is 134 cm³/mol. The molecule has 2 aliphatic carbocycles. The van der Waals surface area contributed by atoms with Crippen molar-refractivity contribution in [3.05, 3.63) is 47.3 Å². The number of nitrogens with one attached hydrogen (secondary N) is 2. The summed E-state index contributed by atoms with van der Waals surface area (Å²) in [5.41, 5.74) is 1.80. The van der Waals surface area contributed by atoms with Crippen LogP contribution < -0.4 is 5.32 Å². The first kappa shape index (κ1) is 22.8. The molecule has 1 aromatic heterocycles. The Morgan fingerprint density at radius 2 is 1.97 bits per heavy atom. The lowest BCUT2D eigenvalue weighted by atomic mass is 9.57. The molecule has 6 heteroatoms. The number of aromatic amines is 1. The second-order valence-electron chi connectivity index (χ2n) is 10.4. The van der Waals surface area contributed by atoms with Crippen molar-refractivity contribution in [3.8, 4) is 11.5 Å². The molecule has 4 N–H and O–H groups in total. The molecule has 0 radical (unpaired) electrons. The molecule has 3 unspecified atom stereocenters. The van der Waals surface area contributed by atoms with Gasteiger partial charge in [0.25, 0.3) is 5.91 Å². The predicted octanol–water partition coefficient (Wildman–Crippen LogP) is 6.43. The minimum Gasteiger partial charge on any atom is -0.507 e. The van der Waals surface area contributed by atoms with Crippen molar-refractivity contribution < 1.29 is 15.0 Å². The second-order valence-corrected chi connectivity index (χ2v) is 10.4. The number of H-pyrrole nitrogens is 1. The van der Waals surface area contributed by atoms with Gasteiger partial charge in [0, 0.05) is 22.1 Å². The Morgan fingerprint density at radius 3 is 2.74 bits per heavy atom. The number of nitrogens with zero attached hydrogens (tertiary/aromatic N) is 1. The van der Waals surface area contributed by atoms with E-state index in [1.54, 1.807) is 6.07 Å². The smallest absolute Gasteiger partial charge is 0.265 e. The highest BCUT2D eigenvalue weighted by atomic mass is 16.3. The zero-order chi connectivity index (χ0) is 23.9. The van der Waals surface area contributed by atoms with Crippen LogP contribution in [0.2, 0.25) is 0 Å². The summed E-state index contributed by atoms with van der Waals surface area (Å²) in [6, 6.07) is 7.33. The third-order valence-electron chi connectivity index (χ3n) is 8.24. The molecule has 2 aliphatic rings. The van der Waals surface area contributed by atoms with Gasteiger partial charge in [-0.05, 0) is 49.3 Å². The number of aromatic nitrogens is 2.